The third-order valence-electron chi connectivity index (χ3n) is 5.32. The van der Waals surface area contributed by atoms with Crippen molar-refractivity contribution in [2.24, 2.45) is 5.41 Å². The summed E-state index contributed by atoms with van der Waals surface area (Å²) in [6.07, 6.45) is 5.24. The van der Waals surface area contributed by atoms with Crippen LogP contribution in [-0.4, -0.2) is 24.8 Å². The Morgan fingerprint density at radius 3 is 2.50 bits per heavy atom. The highest BCUT2D eigenvalue weighted by Crippen LogP contribution is 2.40. The number of nitriles is 1. The Morgan fingerprint density at radius 1 is 1.10 bits per heavy atom. The SMILES string of the molecule is C=CCOc1ccc(C(=O)c2ccccc2)c(OCC(=O)CC2(C#N)CCCC2)c1. The lowest BCUT2D eigenvalue weighted by molar-refractivity contribution is -0.122. The van der Waals surface area contributed by atoms with Crippen LogP contribution in [0, 0.1) is 16.7 Å². The number of carbonyl (C=O) groups excluding carboxylic acids is 2. The highest BCUT2D eigenvalue weighted by atomic mass is 16.5. The second-order valence-electron chi connectivity index (χ2n) is 7.56. The quantitative estimate of drug-likeness (QED) is 0.416. The third-order valence-corrected chi connectivity index (χ3v) is 5.32. The van der Waals surface area contributed by atoms with Gasteiger partial charge in [-0.1, -0.05) is 55.8 Å². The van der Waals surface area contributed by atoms with Gasteiger partial charge >= 0.3 is 0 Å². The molecule has 5 heteroatoms. The number of Topliss-reactive ketones (excluding diaryl/α,β-unsaturated/α-hetero) is 1. The largest absolute Gasteiger partial charge is 0.489 e. The Balaban J connectivity index is 1.78. The number of benzene rings is 2. The normalized spacial score (nSPS) is 14.5. The zero-order chi connectivity index (χ0) is 21.4. The van der Waals surface area contributed by atoms with E-state index < -0.39 is 5.41 Å². The average molecular weight is 403 g/mol. The Hall–Kier alpha value is -3.39. The molecule has 0 spiro atoms. The van der Waals surface area contributed by atoms with Gasteiger partial charge in [0.05, 0.1) is 17.0 Å². The maximum absolute atomic E-state index is 12.9. The summed E-state index contributed by atoms with van der Waals surface area (Å²) >= 11 is 0. The summed E-state index contributed by atoms with van der Waals surface area (Å²) in [6.45, 7) is 3.75. The number of hydrogen-bond acceptors (Lipinski definition) is 5. The maximum atomic E-state index is 12.9. The predicted molar refractivity (Wildman–Crippen MR) is 114 cm³/mol. The molecule has 0 saturated heterocycles. The highest BCUT2D eigenvalue weighted by Gasteiger charge is 2.36. The van der Waals surface area contributed by atoms with Crippen LogP contribution in [0.1, 0.15) is 48.0 Å². The number of carbonyl (C=O) groups is 2. The number of nitrogens with zero attached hydrogens (tertiary/aromatic N) is 1. The molecule has 0 amide bonds. The summed E-state index contributed by atoms with van der Waals surface area (Å²) in [4.78, 5) is 25.5. The van der Waals surface area contributed by atoms with Crippen LogP contribution in [0.3, 0.4) is 0 Å². The molecule has 3 rings (SSSR count). The monoisotopic (exact) mass is 403 g/mol. The first-order valence-electron chi connectivity index (χ1n) is 10.1. The molecule has 1 saturated carbocycles. The zero-order valence-corrected chi connectivity index (χ0v) is 16.9. The summed E-state index contributed by atoms with van der Waals surface area (Å²) < 4.78 is 11.3. The molecular weight excluding hydrogens is 378 g/mol. The second kappa shape index (κ2) is 9.89. The van der Waals surface area contributed by atoms with Gasteiger partial charge in [-0.3, -0.25) is 9.59 Å². The fourth-order valence-corrected chi connectivity index (χ4v) is 3.77. The molecule has 0 unspecified atom stereocenters. The van der Waals surface area contributed by atoms with E-state index in [1.54, 1.807) is 48.5 Å². The average Bonchev–Trinajstić information content (AvgIpc) is 3.25. The van der Waals surface area contributed by atoms with Crippen molar-refractivity contribution in [3.63, 3.8) is 0 Å². The molecule has 1 aliphatic carbocycles. The van der Waals surface area contributed by atoms with Gasteiger partial charge in [0.2, 0.25) is 0 Å². The summed E-state index contributed by atoms with van der Waals surface area (Å²) in [5, 5.41) is 9.50. The van der Waals surface area contributed by atoms with Crippen molar-refractivity contribution < 1.29 is 19.1 Å². The minimum atomic E-state index is -0.571. The van der Waals surface area contributed by atoms with Gasteiger partial charge < -0.3 is 9.47 Å². The van der Waals surface area contributed by atoms with Crippen molar-refractivity contribution in [1.29, 1.82) is 5.26 Å². The van der Waals surface area contributed by atoms with Crippen LogP contribution in [0.25, 0.3) is 0 Å². The third kappa shape index (κ3) is 5.15. The Morgan fingerprint density at radius 2 is 1.83 bits per heavy atom. The molecule has 0 aliphatic heterocycles. The van der Waals surface area contributed by atoms with Crippen LogP contribution in [0.15, 0.2) is 61.2 Å². The van der Waals surface area contributed by atoms with Crippen LogP contribution in [-0.2, 0) is 4.79 Å². The van der Waals surface area contributed by atoms with Crippen molar-refractivity contribution >= 4 is 11.6 Å². The molecule has 5 nitrogen and oxygen atoms in total. The van der Waals surface area contributed by atoms with E-state index in [-0.39, 0.29) is 30.3 Å². The van der Waals surface area contributed by atoms with E-state index in [4.69, 9.17) is 9.47 Å². The van der Waals surface area contributed by atoms with E-state index in [9.17, 15) is 14.9 Å². The molecule has 0 N–H and O–H groups in total. The minimum Gasteiger partial charge on any atom is -0.489 e. The first kappa shape index (κ1) is 21.3. The van der Waals surface area contributed by atoms with E-state index in [0.717, 1.165) is 25.7 Å². The van der Waals surface area contributed by atoms with Crippen molar-refractivity contribution in [2.75, 3.05) is 13.2 Å². The van der Waals surface area contributed by atoms with Crippen molar-refractivity contribution in [3.8, 4) is 17.6 Å². The minimum absolute atomic E-state index is 0.144. The van der Waals surface area contributed by atoms with E-state index in [1.165, 1.54) is 0 Å². The molecule has 0 aromatic heterocycles. The smallest absolute Gasteiger partial charge is 0.196 e. The summed E-state index contributed by atoms with van der Waals surface area (Å²) in [7, 11) is 0. The molecule has 2 aromatic rings. The van der Waals surface area contributed by atoms with Gasteiger partial charge in [0.15, 0.2) is 11.6 Å². The molecule has 0 atom stereocenters. The molecule has 154 valence electrons. The predicted octanol–water partition coefficient (Wildman–Crippen LogP) is 4.90. The molecule has 1 aliphatic rings. The van der Waals surface area contributed by atoms with Gasteiger partial charge in [0, 0.05) is 18.1 Å². The first-order chi connectivity index (χ1) is 14.6. The van der Waals surface area contributed by atoms with Crippen LogP contribution in [0.2, 0.25) is 0 Å². The van der Waals surface area contributed by atoms with Crippen molar-refractivity contribution in [2.45, 2.75) is 32.1 Å². The Labute approximate surface area is 176 Å². The number of rotatable bonds is 10. The standard InChI is InChI=1S/C25H25NO4/c1-2-14-29-21-10-11-22(24(28)19-8-4-3-5-9-19)23(15-21)30-17-20(27)16-25(18-26)12-6-7-13-25/h2-5,8-11,15H,1,6-7,12-14,16-17H2. The van der Waals surface area contributed by atoms with E-state index in [2.05, 4.69) is 12.6 Å². The molecule has 30 heavy (non-hydrogen) atoms. The van der Waals surface area contributed by atoms with Crippen LogP contribution in [0.4, 0.5) is 0 Å². The van der Waals surface area contributed by atoms with Gasteiger partial charge in [-0.15, -0.1) is 0 Å². The Kier molecular flexibility index (Phi) is 7.03. The lowest BCUT2D eigenvalue weighted by Crippen LogP contribution is -2.23. The molecule has 0 heterocycles. The lowest BCUT2D eigenvalue weighted by atomic mass is 9.83. The molecular formula is C25H25NO4. The van der Waals surface area contributed by atoms with Crippen molar-refractivity contribution in [1.82, 2.24) is 0 Å². The fraction of sp³-hybridized carbons (Fsp3) is 0.320. The van der Waals surface area contributed by atoms with Crippen LogP contribution >= 0.6 is 0 Å². The molecule has 2 aromatic carbocycles. The number of ketones is 2. The summed E-state index contributed by atoms with van der Waals surface area (Å²) in [5.41, 5.74) is 0.316. The van der Waals surface area contributed by atoms with Crippen LogP contribution in [0.5, 0.6) is 11.5 Å². The first-order valence-corrected chi connectivity index (χ1v) is 10.1. The van der Waals surface area contributed by atoms with E-state index in [0.29, 0.717) is 23.5 Å². The highest BCUT2D eigenvalue weighted by molar-refractivity contribution is 6.10. The van der Waals surface area contributed by atoms with Crippen LogP contribution < -0.4 is 9.47 Å². The summed E-state index contributed by atoms with van der Waals surface area (Å²) in [6, 6.07) is 16.2. The van der Waals surface area contributed by atoms with Gasteiger partial charge in [-0.2, -0.15) is 5.26 Å². The van der Waals surface area contributed by atoms with E-state index in [1.807, 2.05) is 6.07 Å². The molecule has 0 bridgehead atoms. The second-order valence-corrected chi connectivity index (χ2v) is 7.56. The summed E-state index contributed by atoms with van der Waals surface area (Å²) in [5.74, 6) is 0.467. The molecule has 0 radical (unpaired) electrons. The topological polar surface area (TPSA) is 76.4 Å². The fourth-order valence-electron chi connectivity index (χ4n) is 3.77. The van der Waals surface area contributed by atoms with E-state index >= 15 is 0 Å². The number of ether oxygens (including phenoxy) is 2. The van der Waals surface area contributed by atoms with Gasteiger partial charge in [-0.25, -0.2) is 0 Å². The van der Waals surface area contributed by atoms with Gasteiger partial charge in [0.25, 0.3) is 0 Å². The molecule has 1 fully saturated rings. The lowest BCUT2D eigenvalue weighted by Gasteiger charge is -2.19. The Bertz CT molecular complexity index is 953. The van der Waals surface area contributed by atoms with Crippen molar-refractivity contribution in [3.05, 3.63) is 72.3 Å². The number of hydrogen-bond donors (Lipinski definition) is 0. The maximum Gasteiger partial charge on any atom is 0.196 e. The van der Waals surface area contributed by atoms with Gasteiger partial charge in [0.1, 0.15) is 24.7 Å². The zero-order valence-electron chi connectivity index (χ0n) is 16.9. The van der Waals surface area contributed by atoms with Gasteiger partial charge in [-0.05, 0) is 25.0 Å².